The zero-order valence-corrected chi connectivity index (χ0v) is 7.20. The molecule has 1 heterocycles. The van der Waals surface area contributed by atoms with E-state index in [-0.39, 0.29) is 0 Å². The van der Waals surface area contributed by atoms with Crippen LogP contribution in [0.4, 0.5) is 0 Å². The second kappa shape index (κ2) is 2.67. The van der Waals surface area contributed by atoms with Gasteiger partial charge in [-0.1, -0.05) is 11.6 Å². The maximum atomic E-state index is 5.72. The van der Waals surface area contributed by atoms with E-state index in [0.717, 1.165) is 10.0 Å². The van der Waals surface area contributed by atoms with Crippen LogP contribution in [0, 0.1) is 6.92 Å². The van der Waals surface area contributed by atoms with Crippen LogP contribution in [0.25, 0.3) is 0 Å². The van der Waals surface area contributed by atoms with Crippen molar-refractivity contribution in [1.29, 1.82) is 0 Å². The first-order valence-corrected chi connectivity index (χ1v) is 3.64. The fraction of sp³-hybridized carbons (Fsp3) is 0.167. The van der Waals surface area contributed by atoms with Crippen molar-refractivity contribution >= 4 is 27.5 Å². The molecule has 1 aromatic heterocycles. The Morgan fingerprint density at radius 3 is 2.67 bits per heavy atom. The molecule has 9 heavy (non-hydrogen) atoms. The van der Waals surface area contributed by atoms with Gasteiger partial charge < -0.3 is 0 Å². The van der Waals surface area contributed by atoms with Gasteiger partial charge in [0.2, 0.25) is 0 Å². The minimum Gasteiger partial charge on any atom is -0.262 e. The van der Waals surface area contributed by atoms with Gasteiger partial charge in [-0.2, -0.15) is 0 Å². The Morgan fingerprint density at radius 2 is 2.22 bits per heavy atom. The van der Waals surface area contributed by atoms with E-state index in [1.807, 2.05) is 6.92 Å². The van der Waals surface area contributed by atoms with Crippen LogP contribution in [0.2, 0.25) is 5.02 Å². The van der Waals surface area contributed by atoms with E-state index in [4.69, 9.17) is 11.6 Å². The summed E-state index contributed by atoms with van der Waals surface area (Å²) in [7, 11) is 0. The fourth-order valence-corrected chi connectivity index (χ4v) is 1.08. The predicted octanol–water partition coefficient (Wildman–Crippen LogP) is 2.81. The van der Waals surface area contributed by atoms with Gasteiger partial charge in [0.05, 0.1) is 5.02 Å². The Hall–Kier alpha value is -0.0800. The highest BCUT2D eigenvalue weighted by Gasteiger charge is 1.96. The normalized spacial score (nSPS) is 9.67. The van der Waals surface area contributed by atoms with Gasteiger partial charge in [-0.3, -0.25) is 4.98 Å². The van der Waals surface area contributed by atoms with Crippen LogP contribution in [0.1, 0.15) is 5.56 Å². The molecule has 0 aromatic carbocycles. The molecule has 0 aliphatic carbocycles. The Balaban J connectivity index is 3.25. The van der Waals surface area contributed by atoms with Crippen LogP contribution in [0.5, 0.6) is 0 Å². The van der Waals surface area contributed by atoms with Crippen molar-refractivity contribution in [2.75, 3.05) is 0 Å². The van der Waals surface area contributed by atoms with Crippen LogP contribution >= 0.6 is 27.5 Å². The minimum absolute atomic E-state index is 0.698. The van der Waals surface area contributed by atoms with E-state index in [1.54, 1.807) is 12.4 Å². The standard InChI is InChI=1S/C6H5BrClN/c1-4-5(7)2-9-3-6(4)8/h2-3H,1H3. The predicted molar refractivity (Wildman–Crippen MR) is 41.7 cm³/mol. The van der Waals surface area contributed by atoms with Gasteiger partial charge in [-0.25, -0.2) is 0 Å². The smallest absolute Gasteiger partial charge is 0.0629 e. The van der Waals surface area contributed by atoms with Crippen molar-refractivity contribution < 1.29 is 0 Å². The fourth-order valence-electron chi connectivity index (χ4n) is 0.476. The van der Waals surface area contributed by atoms with Gasteiger partial charge >= 0.3 is 0 Å². The molecule has 48 valence electrons. The molecule has 1 nitrogen and oxygen atoms in total. The Morgan fingerprint density at radius 1 is 1.56 bits per heavy atom. The third-order valence-corrected chi connectivity index (χ3v) is 2.27. The van der Waals surface area contributed by atoms with E-state index in [2.05, 4.69) is 20.9 Å². The van der Waals surface area contributed by atoms with E-state index in [1.165, 1.54) is 0 Å². The van der Waals surface area contributed by atoms with E-state index in [0.29, 0.717) is 5.02 Å². The molecule has 0 fully saturated rings. The second-order valence-corrected chi connectivity index (χ2v) is 2.99. The molecule has 3 heteroatoms. The molecule has 0 saturated carbocycles. The SMILES string of the molecule is Cc1c(Cl)cncc1Br. The lowest BCUT2D eigenvalue weighted by Gasteiger charge is -1.96. The van der Waals surface area contributed by atoms with Crippen molar-refractivity contribution in [3.63, 3.8) is 0 Å². The number of nitrogens with zero attached hydrogens (tertiary/aromatic N) is 1. The van der Waals surface area contributed by atoms with Gasteiger partial charge in [0.15, 0.2) is 0 Å². The third-order valence-electron chi connectivity index (χ3n) is 1.09. The number of pyridine rings is 1. The molecule has 0 saturated heterocycles. The summed E-state index contributed by atoms with van der Waals surface area (Å²) >= 11 is 9.02. The van der Waals surface area contributed by atoms with Crippen LogP contribution in [0.15, 0.2) is 16.9 Å². The van der Waals surface area contributed by atoms with Gasteiger partial charge in [0.1, 0.15) is 0 Å². The number of halogens is 2. The average Bonchev–Trinajstić information content (AvgIpc) is 1.83. The third kappa shape index (κ3) is 1.43. The zero-order valence-electron chi connectivity index (χ0n) is 4.86. The molecule has 0 aliphatic heterocycles. The maximum absolute atomic E-state index is 5.72. The van der Waals surface area contributed by atoms with Gasteiger partial charge in [0, 0.05) is 16.9 Å². The molecule has 0 amide bonds. The first-order valence-electron chi connectivity index (χ1n) is 2.47. The molecule has 0 unspecified atom stereocenters. The monoisotopic (exact) mass is 205 g/mol. The summed E-state index contributed by atoms with van der Waals surface area (Å²) in [5.74, 6) is 0. The molecule has 0 spiro atoms. The minimum atomic E-state index is 0.698. The summed E-state index contributed by atoms with van der Waals surface area (Å²) in [6.07, 6.45) is 3.35. The number of aromatic nitrogens is 1. The van der Waals surface area contributed by atoms with Crippen molar-refractivity contribution in [3.05, 3.63) is 27.5 Å². The zero-order chi connectivity index (χ0) is 6.85. The van der Waals surface area contributed by atoms with E-state index in [9.17, 15) is 0 Å². The lowest BCUT2D eigenvalue weighted by molar-refractivity contribution is 1.26. The molecule has 0 N–H and O–H groups in total. The Bertz CT molecular complexity index is 204. The van der Waals surface area contributed by atoms with Crippen molar-refractivity contribution in [2.45, 2.75) is 6.92 Å². The van der Waals surface area contributed by atoms with Crippen LogP contribution < -0.4 is 0 Å². The van der Waals surface area contributed by atoms with Crippen LogP contribution in [0.3, 0.4) is 0 Å². The summed E-state index contributed by atoms with van der Waals surface area (Å²) in [5, 5.41) is 0.698. The highest BCUT2D eigenvalue weighted by molar-refractivity contribution is 9.10. The molecule has 0 bridgehead atoms. The largest absolute Gasteiger partial charge is 0.262 e. The van der Waals surface area contributed by atoms with Crippen molar-refractivity contribution in [3.8, 4) is 0 Å². The summed E-state index contributed by atoms with van der Waals surface area (Å²) in [4.78, 5) is 3.87. The summed E-state index contributed by atoms with van der Waals surface area (Å²) < 4.78 is 0.954. The Labute approximate surface area is 67.2 Å². The van der Waals surface area contributed by atoms with E-state index < -0.39 is 0 Å². The number of rotatable bonds is 0. The molecule has 1 rings (SSSR count). The van der Waals surface area contributed by atoms with Crippen LogP contribution in [-0.2, 0) is 0 Å². The number of hydrogen-bond donors (Lipinski definition) is 0. The van der Waals surface area contributed by atoms with Gasteiger partial charge in [0.25, 0.3) is 0 Å². The Kier molecular flexibility index (Phi) is 2.09. The topological polar surface area (TPSA) is 12.9 Å². The molecule has 0 atom stereocenters. The quantitative estimate of drug-likeness (QED) is 0.636. The maximum Gasteiger partial charge on any atom is 0.0629 e. The number of hydrogen-bond acceptors (Lipinski definition) is 1. The molecular formula is C6H5BrClN. The van der Waals surface area contributed by atoms with Gasteiger partial charge in [-0.05, 0) is 28.4 Å². The van der Waals surface area contributed by atoms with E-state index >= 15 is 0 Å². The highest BCUT2D eigenvalue weighted by atomic mass is 79.9. The molecular weight excluding hydrogens is 201 g/mol. The van der Waals surface area contributed by atoms with Gasteiger partial charge in [-0.15, -0.1) is 0 Å². The van der Waals surface area contributed by atoms with Crippen molar-refractivity contribution in [1.82, 2.24) is 4.98 Å². The van der Waals surface area contributed by atoms with Crippen molar-refractivity contribution in [2.24, 2.45) is 0 Å². The first-order chi connectivity index (χ1) is 4.22. The molecule has 1 aromatic rings. The van der Waals surface area contributed by atoms with Crippen LogP contribution in [-0.4, -0.2) is 4.98 Å². The summed E-state index contributed by atoms with van der Waals surface area (Å²) in [6, 6.07) is 0. The summed E-state index contributed by atoms with van der Waals surface area (Å²) in [5.41, 5.74) is 1.03. The highest BCUT2D eigenvalue weighted by Crippen LogP contribution is 2.21. The first kappa shape index (κ1) is 7.03. The molecule has 0 radical (unpaired) electrons. The lowest BCUT2D eigenvalue weighted by atomic mass is 10.3. The second-order valence-electron chi connectivity index (χ2n) is 1.73. The molecule has 0 aliphatic rings. The average molecular weight is 206 g/mol. The lowest BCUT2D eigenvalue weighted by Crippen LogP contribution is -1.78. The summed E-state index contributed by atoms with van der Waals surface area (Å²) in [6.45, 7) is 1.94.